The molecule has 2 aromatic rings. The summed E-state index contributed by atoms with van der Waals surface area (Å²) in [6.07, 6.45) is 1.59. The van der Waals surface area contributed by atoms with Crippen molar-refractivity contribution < 1.29 is 4.79 Å². The molecule has 1 unspecified atom stereocenters. The third kappa shape index (κ3) is 2.52. The molecule has 7 heteroatoms. The highest BCUT2D eigenvalue weighted by molar-refractivity contribution is 6.30. The predicted molar refractivity (Wildman–Crippen MR) is 74.4 cm³/mol. The number of halogens is 1. The number of aromatic nitrogens is 3. The lowest BCUT2D eigenvalue weighted by atomic mass is 9.96. The quantitative estimate of drug-likeness (QED) is 0.867. The first-order valence-electron chi connectivity index (χ1n) is 6.30. The highest BCUT2D eigenvalue weighted by Gasteiger charge is 2.23. The van der Waals surface area contributed by atoms with Gasteiger partial charge in [0.2, 0.25) is 0 Å². The largest absolute Gasteiger partial charge is 0.342 e. The molecule has 104 valence electrons. The van der Waals surface area contributed by atoms with Gasteiger partial charge in [0.25, 0.3) is 5.91 Å². The molecule has 0 fully saturated rings. The third-order valence-electron chi connectivity index (χ3n) is 3.28. The second-order valence-electron chi connectivity index (χ2n) is 4.78. The van der Waals surface area contributed by atoms with E-state index < -0.39 is 0 Å². The molecule has 0 radical (unpaired) electrons. The van der Waals surface area contributed by atoms with Gasteiger partial charge in [-0.2, -0.15) is 0 Å². The van der Waals surface area contributed by atoms with E-state index in [-0.39, 0.29) is 11.9 Å². The molecule has 1 atom stereocenters. The van der Waals surface area contributed by atoms with E-state index >= 15 is 0 Å². The molecule has 1 aromatic heterocycles. The van der Waals surface area contributed by atoms with E-state index in [2.05, 4.69) is 20.9 Å². The van der Waals surface area contributed by atoms with Crippen LogP contribution in [0.2, 0.25) is 5.02 Å². The minimum Gasteiger partial charge on any atom is -0.342 e. The fraction of sp³-hybridized carbons (Fsp3) is 0.308. The number of carbonyl (C=O) groups is 1. The number of nitrogens with one attached hydrogen (secondary N) is 2. The summed E-state index contributed by atoms with van der Waals surface area (Å²) in [6.45, 7) is 1.44. The number of hydrogen-bond donors (Lipinski definition) is 2. The highest BCUT2D eigenvalue weighted by Crippen LogP contribution is 2.25. The Morgan fingerprint density at radius 1 is 1.55 bits per heavy atom. The van der Waals surface area contributed by atoms with Gasteiger partial charge in [-0.05, 0) is 23.3 Å². The van der Waals surface area contributed by atoms with E-state index in [9.17, 15) is 4.79 Å². The van der Waals surface area contributed by atoms with Crippen LogP contribution >= 0.6 is 11.6 Å². The van der Waals surface area contributed by atoms with Crippen LogP contribution in [0.25, 0.3) is 0 Å². The Morgan fingerprint density at radius 2 is 2.40 bits per heavy atom. The molecule has 0 saturated heterocycles. The van der Waals surface area contributed by atoms with Crippen molar-refractivity contribution >= 4 is 17.5 Å². The molecule has 0 spiro atoms. The molecular weight excluding hydrogens is 278 g/mol. The van der Waals surface area contributed by atoms with Crippen molar-refractivity contribution in [3.05, 3.63) is 46.2 Å². The molecule has 0 bridgehead atoms. The van der Waals surface area contributed by atoms with Gasteiger partial charge >= 0.3 is 0 Å². The summed E-state index contributed by atoms with van der Waals surface area (Å²) in [5.41, 5.74) is 2.51. The van der Waals surface area contributed by atoms with Crippen molar-refractivity contribution in [2.75, 3.05) is 6.54 Å². The molecule has 1 aliphatic heterocycles. The van der Waals surface area contributed by atoms with Crippen LogP contribution in [-0.2, 0) is 13.6 Å². The molecule has 2 heterocycles. The summed E-state index contributed by atoms with van der Waals surface area (Å²) in [7, 11) is 1.73. The van der Waals surface area contributed by atoms with Crippen molar-refractivity contribution in [2.45, 2.75) is 12.6 Å². The number of fused-ring (bicyclic) bond motifs is 1. The number of carbonyl (C=O) groups excluding carboxylic acids is 1. The van der Waals surface area contributed by atoms with Crippen LogP contribution in [0.3, 0.4) is 0 Å². The average molecular weight is 292 g/mol. The van der Waals surface area contributed by atoms with E-state index in [1.54, 1.807) is 13.2 Å². The fourth-order valence-electron chi connectivity index (χ4n) is 2.34. The maximum absolute atomic E-state index is 12.1. The van der Waals surface area contributed by atoms with Crippen LogP contribution < -0.4 is 10.6 Å². The second kappa shape index (κ2) is 5.22. The first-order chi connectivity index (χ1) is 9.63. The third-order valence-corrected chi connectivity index (χ3v) is 3.52. The number of aryl methyl sites for hydroxylation is 1. The van der Waals surface area contributed by atoms with Gasteiger partial charge in [-0.3, -0.25) is 9.48 Å². The van der Waals surface area contributed by atoms with Crippen LogP contribution in [0, 0.1) is 0 Å². The molecule has 0 saturated carbocycles. The van der Waals surface area contributed by atoms with Crippen LogP contribution in [-0.4, -0.2) is 27.4 Å². The lowest BCUT2D eigenvalue weighted by Crippen LogP contribution is -2.39. The summed E-state index contributed by atoms with van der Waals surface area (Å²) >= 11 is 5.99. The molecule has 1 aliphatic rings. The van der Waals surface area contributed by atoms with Gasteiger partial charge in [-0.1, -0.05) is 22.9 Å². The molecule has 0 aliphatic carbocycles. The van der Waals surface area contributed by atoms with Gasteiger partial charge in [-0.25, -0.2) is 0 Å². The van der Waals surface area contributed by atoms with Crippen LogP contribution in [0.5, 0.6) is 0 Å². The van der Waals surface area contributed by atoms with E-state index in [4.69, 9.17) is 11.6 Å². The molecular formula is C13H14ClN5O. The van der Waals surface area contributed by atoms with E-state index in [0.29, 0.717) is 17.3 Å². The van der Waals surface area contributed by atoms with E-state index in [0.717, 1.165) is 17.7 Å². The highest BCUT2D eigenvalue weighted by atomic mass is 35.5. The van der Waals surface area contributed by atoms with Crippen molar-refractivity contribution in [1.29, 1.82) is 0 Å². The smallest absolute Gasteiger partial charge is 0.273 e. The van der Waals surface area contributed by atoms with Gasteiger partial charge in [0, 0.05) is 25.2 Å². The van der Waals surface area contributed by atoms with Gasteiger partial charge in [-0.15, -0.1) is 5.10 Å². The first kappa shape index (κ1) is 13.1. The van der Waals surface area contributed by atoms with E-state index in [1.165, 1.54) is 4.68 Å². The Kier molecular flexibility index (Phi) is 3.42. The van der Waals surface area contributed by atoms with Crippen molar-refractivity contribution in [3.63, 3.8) is 0 Å². The first-order valence-corrected chi connectivity index (χ1v) is 6.67. The molecule has 1 aromatic carbocycles. The number of nitrogens with zero attached hydrogens (tertiary/aromatic N) is 3. The average Bonchev–Trinajstić information content (AvgIpc) is 2.85. The Hall–Kier alpha value is -1.92. The number of hydrogen-bond acceptors (Lipinski definition) is 4. The van der Waals surface area contributed by atoms with Crippen LogP contribution in [0.1, 0.15) is 27.7 Å². The maximum Gasteiger partial charge on any atom is 0.273 e. The monoisotopic (exact) mass is 291 g/mol. The topological polar surface area (TPSA) is 71.8 Å². The normalized spacial score (nSPS) is 17.6. The van der Waals surface area contributed by atoms with Crippen LogP contribution in [0.4, 0.5) is 0 Å². The minimum absolute atomic E-state index is 0.0921. The Balaban J connectivity index is 1.81. The predicted octanol–water partition coefficient (Wildman–Crippen LogP) is 1.04. The summed E-state index contributed by atoms with van der Waals surface area (Å²) in [5.74, 6) is -0.229. The Bertz CT molecular complexity index is 654. The second-order valence-corrected chi connectivity index (χ2v) is 5.21. The zero-order chi connectivity index (χ0) is 14.1. The van der Waals surface area contributed by atoms with Crippen molar-refractivity contribution in [3.8, 4) is 0 Å². The fourth-order valence-corrected chi connectivity index (χ4v) is 2.54. The summed E-state index contributed by atoms with van der Waals surface area (Å²) in [6, 6.07) is 5.63. The Labute approximate surface area is 121 Å². The zero-order valence-electron chi connectivity index (χ0n) is 10.9. The summed E-state index contributed by atoms with van der Waals surface area (Å²) < 4.78 is 1.50. The van der Waals surface area contributed by atoms with Gasteiger partial charge < -0.3 is 10.6 Å². The number of benzene rings is 1. The summed E-state index contributed by atoms with van der Waals surface area (Å²) in [4.78, 5) is 12.1. The maximum atomic E-state index is 12.1. The lowest BCUT2D eigenvalue weighted by molar-refractivity contribution is 0.0929. The van der Waals surface area contributed by atoms with Crippen LogP contribution in [0.15, 0.2) is 24.4 Å². The van der Waals surface area contributed by atoms with E-state index in [1.807, 2.05) is 18.2 Å². The standard InChI is InChI=1S/C13H14ClN5O/c1-19-7-12(17-18-19)13(20)16-11-6-15-5-8-4-9(14)2-3-10(8)11/h2-4,7,11,15H,5-6H2,1H3,(H,16,20). The van der Waals surface area contributed by atoms with Crippen molar-refractivity contribution in [1.82, 2.24) is 25.6 Å². The Morgan fingerprint density at radius 3 is 3.15 bits per heavy atom. The molecule has 20 heavy (non-hydrogen) atoms. The van der Waals surface area contributed by atoms with Gasteiger partial charge in [0.1, 0.15) is 0 Å². The molecule has 2 N–H and O–H groups in total. The minimum atomic E-state index is -0.229. The number of amides is 1. The molecule has 1 amide bonds. The van der Waals surface area contributed by atoms with Gasteiger partial charge in [0.05, 0.1) is 12.2 Å². The lowest BCUT2D eigenvalue weighted by Gasteiger charge is -2.27. The van der Waals surface area contributed by atoms with Gasteiger partial charge in [0.15, 0.2) is 5.69 Å². The SMILES string of the molecule is Cn1cc(C(=O)NC2CNCc3cc(Cl)ccc32)nn1. The molecule has 6 nitrogen and oxygen atoms in total. The summed E-state index contributed by atoms with van der Waals surface area (Å²) in [5, 5.41) is 14.5. The van der Waals surface area contributed by atoms with Crippen molar-refractivity contribution in [2.24, 2.45) is 7.05 Å². The zero-order valence-corrected chi connectivity index (χ0v) is 11.7. The molecule has 3 rings (SSSR count). The number of rotatable bonds is 2.